The van der Waals surface area contributed by atoms with Crippen molar-refractivity contribution in [2.45, 2.75) is 26.3 Å². The molecule has 0 spiro atoms. The van der Waals surface area contributed by atoms with Gasteiger partial charge in [0.05, 0.1) is 0 Å². The number of benzene rings is 1. The zero-order chi connectivity index (χ0) is 11.5. The highest BCUT2D eigenvalue weighted by Gasteiger charge is 2.05. The Morgan fingerprint density at radius 1 is 1.19 bits per heavy atom. The number of hydrogen-bond acceptors (Lipinski definition) is 2. The molecule has 1 aromatic heterocycles. The molecule has 1 nitrogen and oxygen atoms in total. The van der Waals surface area contributed by atoms with Crippen molar-refractivity contribution in [3.63, 3.8) is 0 Å². The molecule has 1 unspecified atom stereocenters. The second kappa shape index (κ2) is 4.81. The van der Waals surface area contributed by atoms with E-state index >= 15 is 0 Å². The molecule has 2 N–H and O–H groups in total. The van der Waals surface area contributed by atoms with Crippen molar-refractivity contribution in [3.8, 4) is 10.4 Å². The lowest BCUT2D eigenvalue weighted by Gasteiger charge is -2.09. The summed E-state index contributed by atoms with van der Waals surface area (Å²) >= 11 is 1.79. The van der Waals surface area contributed by atoms with Gasteiger partial charge in [0.15, 0.2) is 0 Å². The first kappa shape index (κ1) is 11.4. The maximum absolute atomic E-state index is 6.00. The Bertz CT molecular complexity index is 456. The van der Waals surface area contributed by atoms with Crippen molar-refractivity contribution < 1.29 is 0 Å². The van der Waals surface area contributed by atoms with E-state index in [2.05, 4.69) is 49.6 Å². The summed E-state index contributed by atoms with van der Waals surface area (Å²) in [6, 6.07) is 10.9. The van der Waals surface area contributed by atoms with Crippen LogP contribution in [0.15, 0.2) is 35.7 Å². The molecule has 2 heteroatoms. The Morgan fingerprint density at radius 3 is 2.38 bits per heavy atom. The molecule has 84 valence electrons. The number of rotatable bonds is 3. The van der Waals surface area contributed by atoms with Gasteiger partial charge in [0, 0.05) is 10.9 Å². The molecule has 0 saturated heterocycles. The Hall–Kier alpha value is -1.12. The van der Waals surface area contributed by atoms with Crippen LogP contribution in [0.2, 0.25) is 0 Å². The van der Waals surface area contributed by atoms with Crippen LogP contribution in [0.4, 0.5) is 0 Å². The minimum Gasteiger partial charge on any atom is -0.324 e. The van der Waals surface area contributed by atoms with Gasteiger partial charge in [0.2, 0.25) is 0 Å². The first-order chi connectivity index (χ1) is 7.72. The fourth-order valence-corrected chi connectivity index (χ4v) is 2.72. The minimum atomic E-state index is 0.165. The van der Waals surface area contributed by atoms with E-state index in [0.29, 0.717) is 0 Å². The predicted molar refractivity (Wildman–Crippen MR) is 71.7 cm³/mol. The molecule has 0 amide bonds. The van der Waals surface area contributed by atoms with Gasteiger partial charge in [-0.15, -0.1) is 11.3 Å². The largest absolute Gasteiger partial charge is 0.324 e. The van der Waals surface area contributed by atoms with Crippen molar-refractivity contribution in [1.29, 1.82) is 0 Å². The van der Waals surface area contributed by atoms with Crippen LogP contribution in [0.1, 0.15) is 30.5 Å². The van der Waals surface area contributed by atoms with Gasteiger partial charge in [-0.1, -0.05) is 31.2 Å². The normalized spacial score (nSPS) is 12.7. The highest BCUT2D eigenvalue weighted by atomic mass is 32.1. The maximum atomic E-state index is 6.00. The van der Waals surface area contributed by atoms with Crippen molar-refractivity contribution in [3.05, 3.63) is 46.8 Å². The van der Waals surface area contributed by atoms with Crippen LogP contribution in [0, 0.1) is 6.92 Å². The Morgan fingerprint density at radius 2 is 1.88 bits per heavy atom. The molecule has 0 saturated carbocycles. The lowest BCUT2D eigenvalue weighted by atomic mass is 10.0. The van der Waals surface area contributed by atoms with E-state index in [1.54, 1.807) is 11.3 Å². The number of aryl methyl sites for hydroxylation is 1. The monoisotopic (exact) mass is 231 g/mol. The quantitative estimate of drug-likeness (QED) is 0.844. The number of hydrogen-bond donors (Lipinski definition) is 1. The lowest BCUT2D eigenvalue weighted by Crippen LogP contribution is -2.07. The van der Waals surface area contributed by atoms with Crippen LogP contribution in [0.3, 0.4) is 0 Å². The summed E-state index contributed by atoms with van der Waals surface area (Å²) in [5, 5.41) is 2.14. The van der Waals surface area contributed by atoms with Gasteiger partial charge >= 0.3 is 0 Å². The van der Waals surface area contributed by atoms with Gasteiger partial charge in [0.1, 0.15) is 0 Å². The van der Waals surface area contributed by atoms with Crippen molar-refractivity contribution in [2.24, 2.45) is 5.73 Å². The van der Waals surface area contributed by atoms with Gasteiger partial charge in [-0.05, 0) is 41.5 Å². The van der Waals surface area contributed by atoms with E-state index in [0.717, 1.165) is 6.42 Å². The fourth-order valence-electron chi connectivity index (χ4n) is 1.79. The van der Waals surface area contributed by atoms with E-state index in [-0.39, 0.29) is 6.04 Å². The zero-order valence-electron chi connectivity index (χ0n) is 9.73. The second-order valence-electron chi connectivity index (χ2n) is 4.07. The molecule has 16 heavy (non-hydrogen) atoms. The van der Waals surface area contributed by atoms with Crippen LogP contribution in [-0.4, -0.2) is 0 Å². The molecule has 0 aliphatic rings. The number of thiophene rings is 1. The van der Waals surface area contributed by atoms with Gasteiger partial charge in [0.25, 0.3) is 0 Å². The molecule has 1 aromatic carbocycles. The molecule has 0 aliphatic carbocycles. The summed E-state index contributed by atoms with van der Waals surface area (Å²) in [6.45, 7) is 4.26. The van der Waals surface area contributed by atoms with Crippen LogP contribution < -0.4 is 5.73 Å². The van der Waals surface area contributed by atoms with E-state index in [1.807, 2.05) is 0 Å². The lowest BCUT2D eigenvalue weighted by molar-refractivity contribution is 0.699. The van der Waals surface area contributed by atoms with Gasteiger partial charge in [-0.2, -0.15) is 0 Å². The molecule has 0 fully saturated rings. The average Bonchev–Trinajstić information content (AvgIpc) is 2.75. The van der Waals surface area contributed by atoms with Crippen molar-refractivity contribution >= 4 is 11.3 Å². The van der Waals surface area contributed by atoms with Crippen LogP contribution in [0.5, 0.6) is 0 Å². The second-order valence-corrected chi connectivity index (χ2v) is 4.99. The Labute approximate surface area is 101 Å². The molecule has 0 aliphatic heterocycles. The first-order valence-corrected chi connectivity index (χ1v) is 6.50. The van der Waals surface area contributed by atoms with E-state index < -0.39 is 0 Å². The summed E-state index contributed by atoms with van der Waals surface area (Å²) in [5.74, 6) is 0. The van der Waals surface area contributed by atoms with Gasteiger partial charge in [-0.25, -0.2) is 0 Å². The molecule has 0 radical (unpaired) electrons. The van der Waals surface area contributed by atoms with E-state index in [4.69, 9.17) is 5.73 Å². The standard InChI is InChI=1S/C14H17NS/c1-3-13(15)11-4-6-12(7-5-11)14-10(2)8-9-16-14/h4-9,13H,3,15H2,1-2H3. The molecule has 2 aromatic rings. The summed E-state index contributed by atoms with van der Waals surface area (Å²) in [6.07, 6.45) is 0.984. The third-order valence-corrected chi connectivity index (χ3v) is 3.97. The summed E-state index contributed by atoms with van der Waals surface area (Å²) in [4.78, 5) is 1.36. The highest BCUT2D eigenvalue weighted by Crippen LogP contribution is 2.29. The van der Waals surface area contributed by atoms with Crippen molar-refractivity contribution in [2.75, 3.05) is 0 Å². The maximum Gasteiger partial charge on any atom is 0.0371 e. The minimum absolute atomic E-state index is 0.165. The molecular weight excluding hydrogens is 214 g/mol. The SMILES string of the molecule is CCC(N)c1ccc(-c2sccc2C)cc1. The third kappa shape index (κ3) is 2.18. The Kier molecular flexibility index (Phi) is 3.42. The van der Waals surface area contributed by atoms with Crippen LogP contribution in [0.25, 0.3) is 10.4 Å². The third-order valence-electron chi connectivity index (χ3n) is 2.90. The predicted octanol–water partition coefficient (Wildman–Crippen LogP) is 4.13. The van der Waals surface area contributed by atoms with Crippen molar-refractivity contribution in [1.82, 2.24) is 0 Å². The fraction of sp³-hybridized carbons (Fsp3) is 0.286. The van der Waals surface area contributed by atoms with Crippen LogP contribution >= 0.6 is 11.3 Å². The summed E-state index contributed by atoms with van der Waals surface area (Å²) in [7, 11) is 0. The zero-order valence-corrected chi connectivity index (χ0v) is 10.6. The van der Waals surface area contributed by atoms with E-state index in [1.165, 1.54) is 21.6 Å². The average molecular weight is 231 g/mol. The van der Waals surface area contributed by atoms with E-state index in [9.17, 15) is 0 Å². The highest BCUT2D eigenvalue weighted by molar-refractivity contribution is 7.13. The Balaban J connectivity index is 2.30. The molecule has 0 bridgehead atoms. The van der Waals surface area contributed by atoms with Crippen LogP contribution in [-0.2, 0) is 0 Å². The number of nitrogens with two attached hydrogens (primary N) is 1. The van der Waals surface area contributed by atoms with Gasteiger partial charge < -0.3 is 5.73 Å². The molecule has 1 atom stereocenters. The topological polar surface area (TPSA) is 26.0 Å². The summed E-state index contributed by atoms with van der Waals surface area (Å²) < 4.78 is 0. The first-order valence-electron chi connectivity index (χ1n) is 5.62. The summed E-state index contributed by atoms with van der Waals surface area (Å²) in [5.41, 5.74) is 9.85. The molecular formula is C14H17NS. The molecule has 1 heterocycles. The smallest absolute Gasteiger partial charge is 0.0371 e. The molecule has 2 rings (SSSR count). The van der Waals surface area contributed by atoms with Gasteiger partial charge in [-0.3, -0.25) is 0 Å².